The number of rotatable bonds is 10. The number of nitrogens with one attached hydrogen (secondary N) is 2. The van der Waals surface area contributed by atoms with E-state index < -0.39 is 0 Å². The fourth-order valence-electron chi connectivity index (χ4n) is 3.15. The average Bonchev–Trinajstić information content (AvgIpc) is 3.18. The summed E-state index contributed by atoms with van der Waals surface area (Å²) >= 11 is 0. The van der Waals surface area contributed by atoms with Crippen molar-refractivity contribution < 1.29 is 9.47 Å². The van der Waals surface area contributed by atoms with Crippen molar-refractivity contribution in [1.29, 1.82) is 0 Å². The molecule has 0 radical (unpaired) electrons. The summed E-state index contributed by atoms with van der Waals surface area (Å²) in [5, 5.41) is 15.1. The smallest absolute Gasteiger partial charge is 0.191 e. The summed E-state index contributed by atoms with van der Waals surface area (Å²) in [7, 11) is 1.77. The Balaban J connectivity index is 0.00000341. The van der Waals surface area contributed by atoms with E-state index in [1.54, 1.807) is 7.05 Å². The number of ether oxygens (including phenoxy) is 2. The van der Waals surface area contributed by atoms with Crippen molar-refractivity contribution in [3.8, 4) is 11.5 Å². The van der Waals surface area contributed by atoms with Crippen LogP contribution in [0.4, 0.5) is 0 Å². The second kappa shape index (κ2) is 13.0. The average molecular weight is 538 g/mol. The Kier molecular flexibility index (Phi) is 10.3. The van der Waals surface area contributed by atoms with Gasteiger partial charge in [0, 0.05) is 32.8 Å². The van der Waals surface area contributed by atoms with Gasteiger partial charge in [-0.3, -0.25) is 9.39 Å². The van der Waals surface area contributed by atoms with E-state index in [4.69, 9.17) is 9.47 Å². The topological polar surface area (TPSA) is 85.1 Å². The molecule has 9 heteroatoms. The van der Waals surface area contributed by atoms with Crippen molar-refractivity contribution in [2.24, 2.45) is 4.99 Å². The number of hydrogen-bond acceptors (Lipinski definition) is 5. The van der Waals surface area contributed by atoms with Crippen LogP contribution >= 0.6 is 24.0 Å². The molecule has 3 aromatic rings. The minimum atomic E-state index is 0. The van der Waals surface area contributed by atoms with Crippen molar-refractivity contribution in [2.75, 3.05) is 33.4 Å². The predicted molar refractivity (Wildman–Crippen MR) is 134 cm³/mol. The molecule has 2 heterocycles. The van der Waals surface area contributed by atoms with Gasteiger partial charge in [-0.2, -0.15) is 0 Å². The molecule has 8 nitrogen and oxygen atoms in total. The Morgan fingerprint density at radius 3 is 2.45 bits per heavy atom. The van der Waals surface area contributed by atoms with Crippen molar-refractivity contribution in [3.63, 3.8) is 0 Å². The molecule has 0 atom stereocenters. The van der Waals surface area contributed by atoms with E-state index in [-0.39, 0.29) is 24.0 Å². The molecule has 0 fully saturated rings. The fraction of sp³-hybridized carbons (Fsp3) is 0.409. The van der Waals surface area contributed by atoms with E-state index in [9.17, 15) is 0 Å². The summed E-state index contributed by atoms with van der Waals surface area (Å²) in [6, 6.07) is 12.0. The number of nitrogens with zero attached hydrogens (tertiary/aromatic N) is 4. The molecule has 3 rings (SSSR count). The zero-order valence-corrected chi connectivity index (χ0v) is 20.6. The van der Waals surface area contributed by atoms with E-state index in [1.807, 2.05) is 54.8 Å². The maximum Gasteiger partial charge on any atom is 0.191 e. The van der Waals surface area contributed by atoms with Gasteiger partial charge in [0.2, 0.25) is 0 Å². The molecule has 0 bridgehead atoms. The number of guanidine groups is 1. The molecule has 0 aliphatic heterocycles. The minimum absolute atomic E-state index is 0. The molecule has 0 saturated carbocycles. The van der Waals surface area contributed by atoms with Crippen LogP contribution in [0, 0.1) is 0 Å². The molecular weight excluding hydrogens is 507 g/mol. The van der Waals surface area contributed by atoms with Gasteiger partial charge >= 0.3 is 0 Å². The lowest BCUT2D eigenvalue weighted by molar-refractivity contribution is 0.287. The van der Waals surface area contributed by atoms with E-state index in [0.29, 0.717) is 19.8 Å². The van der Waals surface area contributed by atoms with Gasteiger partial charge in [-0.25, -0.2) is 0 Å². The third kappa shape index (κ3) is 6.98. The van der Waals surface area contributed by atoms with E-state index in [2.05, 4.69) is 31.9 Å². The number of hydrogen-bond donors (Lipinski definition) is 2. The van der Waals surface area contributed by atoms with Gasteiger partial charge in [-0.1, -0.05) is 12.1 Å². The molecule has 0 aliphatic carbocycles. The number of fused-ring (bicyclic) bond motifs is 1. The fourth-order valence-corrected chi connectivity index (χ4v) is 3.15. The molecule has 2 N–H and O–H groups in total. The van der Waals surface area contributed by atoms with Gasteiger partial charge in [-0.15, -0.1) is 34.2 Å². The molecule has 0 spiro atoms. The Morgan fingerprint density at radius 2 is 1.71 bits per heavy atom. The minimum Gasteiger partial charge on any atom is -0.490 e. The monoisotopic (exact) mass is 538 g/mol. The van der Waals surface area contributed by atoms with Gasteiger partial charge in [0.15, 0.2) is 23.1 Å². The van der Waals surface area contributed by atoms with Crippen LogP contribution in [-0.4, -0.2) is 53.9 Å². The molecule has 168 valence electrons. The van der Waals surface area contributed by atoms with Crippen molar-refractivity contribution in [2.45, 2.75) is 26.7 Å². The lowest BCUT2D eigenvalue weighted by Gasteiger charge is -2.14. The lowest BCUT2D eigenvalue weighted by atomic mass is 10.1. The van der Waals surface area contributed by atoms with Crippen LogP contribution in [0.5, 0.6) is 11.5 Å². The van der Waals surface area contributed by atoms with Gasteiger partial charge in [0.25, 0.3) is 0 Å². The first kappa shape index (κ1) is 24.7. The van der Waals surface area contributed by atoms with Crippen LogP contribution in [-0.2, 0) is 12.8 Å². The molecule has 2 aromatic heterocycles. The summed E-state index contributed by atoms with van der Waals surface area (Å²) in [6.07, 6.45) is 3.58. The highest BCUT2D eigenvalue weighted by atomic mass is 127. The van der Waals surface area contributed by atoms with Crippen molar-refractivity contribution in [3.05, 3.63) is 54.0 Å². The molecule has 0 amide bonds. The SMILES string of the molecule is CCOc1ccc(CCNC(=NC)NCCc2nnc3ccccn23)cc1OCC.I. The van der Waals surface area contributed by atoms with Crippen LogP contribution in [0.15, 0.2) is 47.6 Å². The number of pyridine rings is 1. The van der Waals surface area contributed by atoms with Crippen LogP contribution < -0.4 is 20.1 Å². The molecule has 0 aliphatic rings. The predicted octanol–water partition coefficient (Wildman–Crippen LogP) is 3.09. The molecule has 0 unspecified atom stereocenters. The highest BCUT2D eigenvalue weighted by molar-refractivity contribution is 14.0. The van der Waals surface area contributed by atoms with Gasteiger partial charge < -0.3 is 20.1 Å². The zero-order chi connectivity index (χ0) is 21.2. The molecular formula is C22H31IN6O2. The number of halogens is 1. The largest absolute Gasteiger partial charge is 0.490 e. The summed E-state index contributed by atoms with van der Waals surface area (Å²) in [4.78, 5) is 4.29. The van der Waals surface area contributed by atoms with Crippen LogP contribution in [0.1, 0.15) is 25.2 Å². The maximum atomic E-state index is 5.70. The molecule has 0 saturated heterocycles. The van der Waals surface area contributed by atoms with Crippen LogP contribution in [0.2, 0.25) is 0 Å². The quantitative estimate of drug-likeness (QED) is 0.235. The first-order valence-corrected chi connectivity index (χ1v) is 10.4. The Labute approximate surface area is 200 Å². The maximum absolute atomic E-state index is 5.70. The van der Waals surface area contributed by atoms with Crippen LogP contribution in [0.25, 0.3) is 5.65 Å². The summed E-state index contributed by atoms with van der Waals surface area (Å²) < 4.78 is 13.3. The Morgan fingerprint density at radius 1 is 0.968 bits per heavy atom. The second-order valence-electron chi connectivity index (χ2n) is 6.62. The van der Waals surface area contributed by atoms with E-state index in [1.165, 1.54) is 5.56 Å². The van der Waals surface area contributed by atoms with Gasteiger partial charge in [-0.05, 0) is 50.1 Å². The van der Waals surface area contributed by atoms with Gasteiger partial charge in [0.1, 0.15) is 5.82 Å². The lowest BCUT2D eigenvalue weighted by Crippen LogP contribution is -2.39. The molecule has 31 heavy (non-hydrogen) atoms. The third-order valence-corrected chi connectivity index (χ3v) is 4.56. The van der Waals surface area contributed by atoms with Crippen LogP contribution in [0.3, 0.4) is 0 Å². The Hall–Kier alpha value is -2.56. The first-order chi connectivity index (χ1) is 14.7. The number of benzene rings is 1. The van der Waals surface area contributed by atoms with Gasteiger partial charge in [0.05, 0.1) is 13.2 Å². The highest BCUT2D eigenvalue weighted by Crippen LogP contribution is 2.28. The van der Waals surface area contributed by atoms with E-state index >= 15 is 0 Å². The summed E-state index contributed by atoms with van der Waals surface area (Å²) in [6.45, 7) is 6.65. The normalized spacial score (nSPS) is 11.1. The third-order valence-electron chi connectivity index (χ3n) is 4.56. The summed E-state index contributed by atoms with van der Waals surface area (Å²) in [5.41, 5.74) is 2.04. The van der Waals surface area contributed by atoms with Crippen molar-refractivity contribution in [1.82, 2.24) is 25.2 Å². The number of aromatic nitrogens is 3. The number of aliphatic imine (C=N–C) groups is 1. The molecule has 1 aromatic carbocycles. The van der Waals surface area contributed by atoms with Crippen molar-refractivity contribution >= 4 is 35.6 Å². The summed E-state index contributed by atoms with van der Waals surface area (Å²) in [5.74, 6) is 3.26. The Bertz CT molecular complexity index is 976. The first-order valence-electron chi connectivity index (χ1n) is 10.4. The second-order valence-corrected chi connectivity index (χ2v) is 6.62. The standard InChI is InChI=1S/C22H30N6O2.HI/c1-4-29-18-10-9-17(16-19(18)30-5-2)11-13-24-22(23-3)25-14-12-21-27-26-20-8-6-7-15-28(20)21;/h6-10,15-16H,4-5,11-14H2,1-3H3,(H2,23,24,25);1H. The highest BCUT2D eigenvalue weighted by Gasteiger charge is 2.07. The van der Waals surface area contributed by atoms with E-state index in [0.717, 1.165) is 48.3 Å². The zero-order valence-electron chi connectivity index (χ0n) is 18.3.